The molecule has 1 amide bonds. The fourth-order valence-electron chi connectivity index (χ4n) is 2.68. The van der Waals surface area contributed by atoms with E-state index in [-0.39, 0.29) is 18.9 Å². The average molecular weight is 395 g/mol. The van der Waals surface area contributed by atoms with E-state index >= 15 is 0 Å². The molecule has 1 heterocycles. The summed E-state index contributed by atoms with van der Waals surface area (Å²) >= 11 is 6.11. The summed E-state index contributed by atoms with van der Waals surface area (Å²) in [5.41, 5.74) is 1.82. The zero-order valence-corrected chi connectivity index (χ0v) is 15.8. The lowest BCUT2D eigenvalue weighted by molar-refractivity contribution is -0.145. The predicted molar refractivity (Wildman–Crippen MR) is 107 cm³/mol. The van der Waals surface area contributed by atoms with Gasteiger partial charge in [-0.3, -0.25) is 14.6 Å². The highest BCUT2D eigenvalue weighted by Gasteiger charge is 2.21. The number of amides is 1. The molecule has 28 heavy (non-hydrogen) atoms. The van der Waals surface area contributed by atoms with Crippen LogP contribution in [0.25, 0.3) is 0 Å². The van der Waals surface area contributed by atoms with E-state index in [1.807, 2.05) is 36.4 Å². The van der Waals surface area contributed by atoms with Gasteiger partial charge in [0.15, 0.2) is 0 Å². The molecule has 0 aliphatic rings. The predicted octanol–water partition coefficient (Wildman–Crippen LogP) is 4.34. The molecule has 0 fully saturated rings. The van der Waals surface area contributed by atoms with Crippen molar-refractivity contribution >= 4 is 23.5 Å². The Morgan fingerprint density at radius 1 is 0.964 bits per heavy atom. The van der Waals surface area contributed by atoms with E-state index in [1.165, 1.54) is 0 Å². The SMILES string of the molecule is O=C(CC(NC(=O)c1ccccc1Cl)c1ccccc1)OCc1ccccn1. The van der Waals surface area contributed by atoms with Crippen molar-refractivity contribution in [1.29, 1.82) is 0 Å². The molecule has 1 atom stereocenters. The summed E-state index contributed by atoms with van der Waals surface area (Å²) in [7, 11) is 0. The third-order valence-electron chi connectivity index (χ3n) is 4.10. The number of hydrogen-bond donors (Lipinski definition) is 1. The van der Waals surface area contributed by atoms with Crippen molar-refractivity contribution in [2.75, 3.05) is 0 Å². The minimum atomic E-state index is -0.541. The molecule has 0 saturated heterocycles. The van der Waals surface area contributed by atoms with Gasteiger partial charge in [0.2, 0.25) is 0 Å². The van der Waals surface area contributed by atoms with E-state index in [0.29, 0.717) is 16.3 Å². The number of hydrogen-bond acceptors (Lipinski definition) is 4. The first kappa shape index (κ1) is 19.6. The molecule has 0 aliphatic heterocycles. The maximum Gasteiger partial charge on any atom is 0.308 e. The second-order valence-corrected chi connectivity index (χ2v) is 6.51. The van der Waals surface area contributed by atoms with Gasteiger partial charge in [0.05, 0.1) is 28.7 Å². The van der Waals surface area contributed by atoms with Gasteiger partial charge in [0.1, 0.15) is 6.61 Å². The zero-order valence-electron chi connectivity index (χ0n) is 15.0. The standard InChI is InChI=1S/C22H19ClN2O3/c23-19-12-5-4-11-18(19)22(27)25-20(16-8-2-1-3-9-16)14-21(26)28-15-17-10-6-7-13-24-17/h1-13,20H,14-15H2,(H,25,27). The highest BCUT2D eigenvalue weighted by Crippen LogP contribution is 2.21. The molecule has 5 nitrogen and oxygen atoms in total. The van der Waals surface area contributed by atoms with Crippen molar-refractivity contribution < 1.29 is 14.3 Å². The van der Waals surface area contributed by atoms with Crippen LogP contribution in [0.4, 0.5) is 0 Å². The number of aromatic nitrogens is 1. The topological polar surface area (TPSA) is 68.3 Å². The monoisotopic (exact) mass is 394 g/mol. The number of rotatable bonds is 7. The molecule has 0 spiro atoms. The molecule has 0 radical (unpaired) electrons. The molecular formula is C22H19ClN2O3. The van der Waals surface area contributed by atoms with Crippen LogP contribution in [0, 0.1) is 0 Å². The third-order valence-corrected chi connectivity index (χ3v) is 4.43. The van der Waals surface area contributed by atoms with E-state index in [0.717, 1.165) is 5.56 Å². The highest BCUT2D eigenvalue weighted by molar-refractivity contribution is 6.33. The molecule has 0 saturated carbocycles. The van der Waals surface area contributed by atoms with E-state index in [1.54, 1.807) is 42.6 Å². The zero-order chi connectivity index (χ0) is 19.8. The van der Waals surface area contributed by atoms with Gasteiger partial charge in [-0.2, -0.15) is 0 Å². The Hall–Kier alpha value is -3.18. The number of halogens is 1. The van der Waals surface area contributed by atoms with E-state index in [2.05, 4.69) is 10.3 Å². The highest BCUT2D eigenvalue weighted by atomic mass is 35.5. The van der Waals surface area contributed by atoms with Crippen molar-refractivity contribution in [2.24, 2.45) is 0 Å². The molecule has 0 bridgehead atoms. The van der Waals surface area contributed by atoms with Gasteiger partial charge in [-0.1, -0.05) is 60.1 Å². The lowest BCUT2D eigenvalue weighted by Crippen LogP contribution is -2.30. The van der Waals surface area contributed by atoms with Crippen LogP contribution in [0.3, 0.4) is 0 Å². The van der Waals surface area contributed by atoms with Crippen molar-refractivity contribution in [2.45, 2.75) is 19.1 Å². The Morgan fingerprint density at radius 3 is 2.39 bits per heavy atom. The summed E-state index contributed by atoms with van der Waals surface area (Å²) in [6, 6.07) is 20.9. The Morgan fingerprint density at radius 2 is 1.68 bits per heavy atom. The van der Waals surface area contributed by atoms with Crippen molar-refractivity contribution in [1.82, 2.24) is 10.3 Å². The smallest absolute Gasteiger partial charge is 0.308 e. The summed E-state index contributed by atoms with van der Waals surface area (Å²) in [5, 5.41) is 3.23. The summed E-state index contributed by atoms with van der Waals surface area (Å²) in [5.74, 6) is -0.782. The van der Waals surface area contributed by atoms with Crippen LogP contribution in [0.15, 0.2) is 79.0 Å². The summed E-state index contributed by atoms with van der Waals surface area (Å²) < 4.78 is 5.31. The number of carbonyl (C=O) groups excluding carboxylic acids is 2. The fourth-order valence-corrected chi connectivity index (χ4v) is 2.90. The minimum Gasteiger partial charge on any atom is -0.459 e. The molecule has 1 N–H and O–H groups in total. The maximum atomic E-state index is 12.7. The molecule has 2 aromatic carbocycles. The van der Waals surface area contributed by atoms with Crippen LogP contribution in [0.2, 0.25) is 5.02 Å². The van der Waals surface area contributed by atoms with E-state index in [4.69, 9.17) is 16.3 Å². The van der Waals surface area contributed by atoms with Crippen molar-refractivity contribution in [3.05, 3.63) is 101 Å². The van der Waals surface area contributed by atoms with Gasteiger partial charge in [-0.05, 0) is 29.8 Å². The van der Waals surface area contributed by atoms with Gasteiger partial charge in [-0.15, -0.1) is 0 Å². The van der Waals surface area contributed by atoms with Gasteiger partial charge < -0.3 is 10.1 Å². The molecule has 0 aliphatic carbocycles. The molecule has 3 rings (SSSR count). The average Bonchev–Trinajstić information content (AvgIpc) is 2.73. The number of nitrogens with zero attached hydrogens (tertiary/aromatic N) is 1. The van der Waals surface area contributed by atoms with Crippen LogP contribution in [0.1, 0.15) is 34.1 Å². The number of ether oxygens (including phenoxy) is 1. The Kier molecular flexibility index (Phi) is 6.76. The summed E-state index contributed by atoms with van der Waals surface area (Å²) in [4.78, 5) is 29.1. The first-order valence-electron chi connectivity index (χ1n) is 8.79. The quantitative estimate of drug-likeness (QED) is 0.605. The number of carbonyl (C=O) groups is 2. The minimum absolute atomic E-state index is 0.00691. The first-order valence-corrected chi connectivity index (χ1v) is 9.17. The van der Waals surface area contributed by atoms with Crippen molar-refractivity contribution in [3.8, 4) is 0 Å². The first-order chi connectivity index (χ1) is 13.6. The van der Waals surface area contributed by atoms with Crippen LogP contribution >= 0.6 is 11.6 Å². The second-order valence-electron chi connectivity index (χ2n) is 6.10. The largest absolute Gasteiger partial charge is 0.459 e. The number of esters is 1. The molecule has 142 valence electrons. The molecule has 3 aromatic rings. The van der Waals surface area contributed by atoms with Gasteiger partial charge in [-0.25, -0.2) is 0 Å². The molecule has 1 unspecified atom stereocenters. The molecular weight excluding hydrogens is 376 g/mol. The second kappa shape index (κ2) is 9.67. The van der Waals surface area contributed by atoms with Crippen LogP contribution < -0.4 is 5.32 Å². The van der Waals surface area contributed by atoms with Crippen LogP contribution in [-0.4, -0.2) is 16.9 Å². The normalized spacial score (nSPS) is 11.5. The van der Waals surface area contributed by atoms with Crippen LogP contribution in [0.5, 0.6) is 0 Å². The Bertz CT molecular complexity index is 933. The van der Waals surface area contributed by atoms with Crippen LogP contribution in [-0.2, 0) is 16.1 Å². The van der Waals surface area contributed by atoms with Gasteiger partial charge >= 0.3 is 5.97 Å². The number of benzene rings is 2. The Labute approximate surface area is 168 Å². The molecule has 1 aromatic heterocycles. The van der Waals surface area contributed by atoms with Gasteiger partial charge in [0, 0.05) is 6.20 Å². The Balaban J connectivity index is 1.70. The number of pyridine rings is 1. The van der Waals surface area contributed by atoms with E-state index in [9.17, 15) is 9.59 Å². The molecule has 6 heteroatoms. The van der Waals surface area contributed by atoms with Crippen molar-refractivity contribution in [3.63, 3.8) is 0 Å². The lowest BCUT2D eigenvalue weighted by Gasteiger charge is -2.19. The fraction of sp³-hybridized carbons (Fsp3) is 0.136. The summed E-state index contributed by atoms with van der Waals surface area (Å²) in [6.45, 7) is 0.0830. The number of nitrogens with one attached hydrogen (secondary N) is 1. The lowest BCUT2D eigenvalue weighted by atomic mass is 10.0. The maximum absolute atomic E-state index is 12.7. The van der Waals surface area contributed by atoms with Gasteiger partial charge in [0.25, 0.3) is 5.91 Å². The van der Waals surface area contributed by atoms with E-state index < -0.39 is 12.0 Å². The summed E-state index contributed by atoms with van der Waals surface area (Å²) in [6.07, 6.45) is 1.63. The third kappa shape index (κ3) is 5.41.